The number of nitrogens with zero attached hydrogens (tertiary/aromatic N) is 3. The molecule has 152 valence electrons. The maximum absolute atomic E-state index is 13.0. The molecule has 1 amide bonds. The summed E-state index contributed by atoms with van der Waals surface area (Å²) in [7, 11) is 1.67. The lowest BCUT2D eigenvalue weighted by Crippen LogP contribution is -2.41. The molecule has 0 saturated carbocycles. The van der Waals surface area contributed by atoms with Crippen LogP contribution in [0.2, 0.25) is 0 Å². The monoisotopic (exact) mass is 393 g/mol. The minimum Gasteiger partial charge on any atom is -0.497 e. The van der Waals surface area contributed by atoms with E-state index in [4.69, 9.17) is 9.47 Å². The minimum absolute atomic E-state index is 0.0555. The maximum Gasteiger partial charge on any atom is 0.254 e. The predicted molar refractivity (Wildman–Crippen MR) is 113 cm³/mol. The largest absolute Gasteiger partial charge is 0.497 e. The molecular formula is C23H27N3O3. The normalized spacial score (nSPS) is 19.7. The second kappa shape index (κ2) is 8.66. The zero-order valence-electron chi connectivity index (χ0n) is 17.0. The van der Waals surface area contributed by atoms with E-state index in [1.54, 1.807) is 19.4 Å². The molecule has 0 bridgehead atoms. The van der Waals surface area contributed by atoms with E-state index in [2.05, 4.69) is 35.0 Å². The quantitative estimate of drug-likeness (QED) is 0.798. The fourth-order valence-corrected chi connectivity index (χ4v) is 3.85. The summed E-state index contributed by atoms with van der Waals surface area (Å²) in [5, 5.41) is 0. The summed E-state index contributed by atoms with van der Waals surface area (Å²) in [4.78, 5) is 21.6. The number of ether oxygens (including phenoxy) is 2. The summed E-state index contributed by atoms with van der Waals surface area (Å²) in [6.45, 7) is 5.66. The topological polar surface area (TPSA) is 54.9 Å². The molecule has 0 radical (unpaired) electrons. The highest BCUT2D eigenvalue weighted by atomic mass is 16.5. The number of pyridine rings is 1. The zero-order valence-corrected chi connectivity index (χ0v) is 17.0. The number of hydrogen-bond donors (Lipinski definition) is 0. The molecule has 0 spiro atoms. The number of hydrogen-bond acceptors (Lipinski definition) is 5. The van der Waals surface area contributed by atoms with Gasteiger partial charge in [-0.05, 0) is 48.7 Å². The van der Waals surface area contributed by atoms with Crippen LogP contribution in [0.1, 0.15) is 29.3 Å². The van der Waals surface area contributed by atoms with E-state index >= 15 is 0 Å². The van der Waals surface area contributed by atoms with Gasteiger partial charge in [0.1, 0.15) is 11.6 Å². The summed E-state index contributed by atoms with van der Waals surface area (Å²) < 4.78 is 10.8. The van der Waals surface area contributed by atoms with Crippen molar-refractivity contribution >= 4 is 17.3 Å². The molecule has 2 aliphatic heterocycles. The fraction of sp³-hybridized carbons (Fsp3) is 0.391. The van der Waals surface area contributed by atoms with Crippen LogP contribution in [-0.2, 0) is 4.74 Å². The maximum atomic E-state index is 13.0. The lowest BCUT2D eigenvalue weighted by molar-refractivity contribution is 0.0529. The van der Waals surface area contributed by atoms with Gasteiger partial charge in [-0.1, -0.05) is 18.2 Å². The summed E-state index contributed by atoms with van der Waals surface area (Å²) in [6.07, 6.45) is 4.89. The van der Waals surface area contributed by atoms with Gasteiger partial charge in [-0.15, -0.1) is 0 Å². The molecule has 4 rings (SSSR count). The van der Waals surface area contributed by atoms with Crippen LogP contribution >= 0.6 is 0 Å². The van der Waals surface area contributed by atoms with Crippen molar-refractivity contribution in [1.29, 1.82) is 0 Å². The number of benzene rings is 1. The Hall–Kier alpha value is -2.86. The van der Waals surface area contributed by atoms with E-state index < -0.39 is 0 Å². The van der Waals surface area contributed by atoms with Crippen molar-refractivity contribution in [2.45, 2.75) is 19.4 Å². The molecule has 29 heavy (non-hydrogen) atoms. The first-order chi connectivity index (χ1) is 14.1. The van der Waals surface area contributed by atoms with Crippen LogP contribution in [0.15, 0.2) is 48.7 Å². The first-order valence-corrected chi connectivity index (χ1v) is 10.1. The van der Waals surface area contributed by atoms with Crippen LogP contribution in [0, 0.1) is 0 Å². The number of methoxy groups -OCH3 is 1. The van der Waals surface area contributed by atoms with Crippen molar-refractivity contribution in [3.8, 4) is 5.75 Å². The number of aromatic nitrogens is 1. The summed E-state index contributed by atoms with van der Waals surface area (Å²) in [5.74, 6) is 1.75. The minimum atomic E-state index is 0.0555. The fourth-order valence-electron chi connectivity index (χ4n) is 3.85. The van der Waals surface area contributed by atoms with Crippen LogP contribution in [0.4, 0.5) is 5.82 Å². The molecule has 2 aliphatic rings. The molecule has 1 saturated heterocycles. The Bertz CT molecular complexity index is 894. The van der Waals surface area contributed by atoms with Gasteiger partial charge >= 0.3 is 0 Å². The highest BCUT2D eigenvalue weighted by molar-refractivity contribution is 5.95. The second-order valence-corrected chi connectivity index (χ2v) is 7.49. The summed E-state index contributed by atoms with van der Waals surface area (Å²) in [5.41, 5.74) is 3.15. The van der Waals surface area contributed by atoms with Crippen molar-refractivity contribution in [2.24, 2.45) is 0 Å². The van der Waals surface area contributed by atoms with Crippen molar-refractivity contribution in [3.05, 3.63) is 59.8 Å². The Morgan fingerprint density at radius 2 is 2.03 bits per heavy atom. The van der Waals surface area contributed by atoms with Gasteiger partial charge in [0.05, 0.1) is 19.8 Å². The second-order valence-electron chi connectivity index (χ2n) is 7.49. The van der Waals surface area contributed by atoms with Gasteiger partial charge in [0.15, 0.2) is 0 Å². The Kier molecular flexibility index (Phi) is 5.81. The summed E-state index contributed by atoms with van der Waals surface area (Å²) >= 11 is 0. The van der Waals surface area contributed by atoms with Gasteiger partial charge in [0, 0.05) is 37.9 Å². The predicted octanol–water partition coefficient (Wildman–Crippen LogP) is 3.24. The molecule has 1 atom stereocenters. The molecule has 2 aromatic rings. The van der Waals surface area contributed by atoms with Crippen LogP contribution < -0.4 is 9.64 Å². The Morgan fingerprint density at radius 1 is 1.21 bits per heavy atom. The van der Waals surface area contributed by atoms with Gasteiger partial charge in [-0.2, -0.15) is 0 Å². The third kappa shape index (κ3) is 4.43. The molecule has 0 N–H and O–H groups in total. The van der Waals surface area contributed by atoms with Crippen LogP contribution in [-0.4, -0.2) is 61.8 Å². The Morgan fingerprint density at radius 3 is 2.72 bits per heavy atom. The van der Waals surface area contributed by atoms with Crippen LogP contribution in [0.5, 0.6) is 5.75 Å². The van der Waals surface area contributed by atoms with E-state index in [1.165, 1.54) is 11.1 Å². The van der Waals surface area contributed by atoms with E-state index in [0.29, 0.717) is 25.3 Å². The number of carbonyl (C=O) groups is 1. The van der Waals surface area contributed by atoms with E-state index in [9.17, 15) is 4.79 Å². The first kappa shape index (κ1) is 19.5. The van der Waals surface area contributed by atoms with E-state index in [1.807, 2.05) is 23.1 Å². The van der Waals surface area contributed by atoms with E-state index in [-0.39, 0.29) is 12.0 Å². The highest BCUT2D eigenvalue weighted by Gasteiger charge is 2.22. The smallest absolute Gasteiger partial charge is 0.254 e. The lowest BCUT2D eigenvalue weighted by Gasteiger charge is -2.32. The molecule has 6 nitrogen and oxygen atoms in total. The molecule has 1 aromatic carbocycles. The number of morpholine rings is 1. The van der Waals surface area contributed by atoms with Gasteiger partial charge < -0.3 is 19.3 Å². The Labute approximate surface area is 171 Å². The molecule has 1 fully saturated rings. The molecule has 1 unspecified atom stereocenters. The average Bonchev–Trinajstić information content (AvgIpc) is 2.79. The highest BCUT2D eigenvalue weighted by Crippen LogP contribution is 2.25. The van der Waals surface area contributed by atoms with Gasteiger partial charge in [-0.3, -0.25) is 4.79 Å². The average molecular weight is 393 g/mol. The van der Waals surface area contributed by atoms with E-state index in [0.717, 1.165) is 31.1 Å². The van der Waals surface area contributed by atoms with Crippen molar-refractivity contribution in [3.63, 3.8) is 0 Å². The lowest BCUT2D eigenvalue weighted by atomic mass is 9.99. The first-order valence-electron chi connectivity index (χ1n) is 10.1. The number of anilines is 1. The van der Waals surface area contributed by atoms with Crippen LogP contribution in [0.3, 0.4) is 0 Å². The van der Waals surface area contributed by atoms with Crippen molar-refractivity contribution in [1.82, 2.24) is 9.88 Å². The molecule has 3 heterocycles. The van der Waals surface area contributed by atoms with Crippen molar-refractivity contribution in [2.75, 3.05) is 44.8 Å². The SMILES string of the molecule is COc1ccc(C2=CCN(C(=O)c3ccnc(N4CCOC(C)C4)c3)CC2)cc1. The molecule has 6 heteroatoms. The zero-order chi connectivity index (χ0) is 20.2. The third-order valence-corrected chi connectivity index (χ3v) is 5.51. The molecular weight excluding hydrogens is 366 g/mol. The standard InChI is InChI=1S/C23H27N3O3/c1-17-16-26(13-14-29-17)22-15-20(7-10-24-22)23(27)25-11-8-19(9-12-25)18-3-5-21(28-2)6-4-18/h3-8,10,15,17H,9,11-14,16H2,1-2H3. The van der Waals surface area contributed by atoms with Crippen LogP contribution in [0.25, 0.3) is 5.57 Å². The number of rotatable bonds is 4. The molecule has 1 aromatic heterocycles. The van der Waals surface area contributed by atoms with Gasteiger partial charge in [0.25, 0.3) is 5.91 Å². The van der Waals surface area contributed by atoms with Gasteiger partial charge in [-0.25, -0.2) is 4.98 Å². The van der Waals surface area contributed by atoms with Crippen molar-refractivity contribution < 1.29 is 14.3 Å². The Balaban J connectivity index is 1.44. The summed E-state index contributed by atoms with van der Waals surface area (Å²) in [6, 6.07) is 11.8. The number of carbonyl (C=O) groups excluding carboxylic acids is 1. The van der Waals surface area contributed by atoms with Gasteiger partial charge in [0.2, 0.25) is 0 Å². The third-order valence-electron chi connectivity index (χ3n) is 5.51. The number of amides is 1. The molecule has 0 aliphatic carbocycles.